The Labute approximate surface area is 205 Å². The zero-order valence-electron chi connectivity index (χ0n) is 19.1. The number of nitrogens with one attached hydrogen (secondary N) is 1. The molecular weight excluding hydrogens is 466 g/mol. The molecule has 3 aromatic carbocycles. The lowest BCUT2D eigenvalue weighted by molar-refractivity contribution is -0.121. The van der Waals surface area contributed by atoms with E-state index < -0.39 is 5.92 Å². The smallest absolute Gasteiger partial charge is 0.231 e. The molecule has 9 heteroatoms. The molecule has 1 aliphatic rings. The lowest BCUT2D eigenvalue weighted by Gasteiger charge is -2.19. The van der Waals surface area contributed by atoms with Crippen LogP contribution in [0.25, 0.3) is 11.0 Å². The molecule has 1 amide bonds. The Balaban J connectivity index is 1.43. The lowest BCUT2D eigenvalue weighted by atomic mass is 9.87. The van der Waals surface area contributed by atoms with Crippen LogP contribution in [0.2, 0.25) is 0 Å². The molecule has 184 valence electrons. The third-order valence-electron chi connectivity index (χ3n) is 6.14. The van der Waals surface area contributed by atoms with Crippen molar-refractivity contribution in [1.82, 2.24) is 5.32 Å². The van der Waals surface area contributed by atoms with Crippen LogP contribution in [0.15, 0.2) is 70.1 Å². The van der Waals surface area contributed by atoms with E-state index in [1.54, 1.807) is 36.4 Å². The first kappa shape index (κ1) is 23.1. The first-order valence-corrected chi connectivity index (χ1v) is 11.3. The Morgan fingerprint density at radius 2 is 1.69 bits per heavy atom. The number of ether oxygens (including phenoxy) is 2. The lowest BCUT2D eigenvalue weighted by Crippen LogP contribution is -2.28. The highest BCUT2D eigenvalue weighted by atomic mass is 16.7. The number of hydrogen-bond acceptors (Lipinski definition) is 8. The van der Waals surface area contributed by atoms with Crippen LogP contribution in [0.4, 0.5) is 0 Å². The monoisotopic (exact) mass is 489 g/mol. The van der Waals surface area contributed by atoms with Crippen molar-refractivity contribution in [3.05, 3.63) is 87.8 Å². The second kappa shape index (κ2) is 9.53. The summed E-state index contributed by atoms with van der Waals surface area (Å²) >= 11 is 0. The summed E-state index contributed by atoms with van der Waals surface area (Å²) in [6.07, 6.45) is 1.60. The molecule has 9 nitrogen and oxygen atoms in total. The summed E-state index contributed by atoms with van der Waals surface area (Å²) in [4.78, 5) is 26.3. The van der Waals surface area contributed by atoms with Gasteiger partial charge in [0.05, 0.1) is 11.6 Å². The number of rotatable bonds is 7. The topological polar surface area (TPSA) is 138 Å². The summed E-state index contributed by atoms with van der Waals surface area (Å²) in [7, 11) is 0. The van der Waals surface area contributed by atoms with Crippen molar-refractivity contribution in [1.29, 1.82) is 0 Å². The number of hydrogen-bond donors (Lipinski definition) is 4. The first-order valence-electron chi connectivity index (χ1n) is 11.3. The van der Waals surface area contributed by atoms with Crippen LogP contribution in [-0.2, 0) is 11.2 Å². The van der Waals surface area contributed by atoms with Gasteiger partial charge in [0.2, 0.25) is 12.7 Å². The zero-order chi connectivity index (χ0) is 25.2. The van der Waals surface area contributed by atoms with Gasteiger partial charge in [0, 0.05) is 36.1 Å². The molecule has 4 N–H and O–H groups in total. The molecule has 0 saturated carbocycles. The Bertz CT molecular complexity index is 1510. The van der Waals surface area contributed by atoms with Gasteiger partial charge in [0.25, 0.3) is 0 Å². The second-order valence-corrected chi connectivity index (χ2v) is 8.46. The molecule has 1 aliphatic heterocycles. The highest BCUT2D eigenvalue weighted by Gasteiger charge is 2.28. The molecule has 0 radical (unpaired) electrons. The van der Waals surface area contributed by atoms with E-state index in [-0.39, 0.29) is 53.9 Å². The maximum Gasteiger partial charge on any atom is 0.231 e. The first-order chi connectivity index (χ1) is 17.4. The molecule has 0 saturated heterocycles. The van der Waals surface area contributed by atoms with Gasteiger partial charge < -0.3 is 34.5 Å². The van der Waals surface area contributed by atoms with Gasteiger partial charge >= 0.3 is 0 Å². The number of amides is 1. The van der Waals surface area contributed by atoms with Gasteiger partial charge in [-0.3, -0.25) is 9.59 Å². The van der Waals surface area contributed by atoms with Crippen LogP contribution in [0.1, 0.15) is 29.0 Å². The van der Waals surface area contributed by atoms with E-state index in [0.717, 1.165) is 5.56 Å². The molecule has 0 fully saturated rings. The van der Waals surface area contributed by atoms with Crippen molar-refractivity contribution < 1.29 is 34.0 Å². The Hall–Kier alpha value is -4.66. The summed E-state index contributed by atoms with van der Waals surface area (Å²) in [5.74, 6) is -0.980. The molecule has 36 heavy (non-hydrogen) atoms. The summed E-state index contributed by atoms with van der Waals surface area (Å²) in [5.41, 5.74) is 1.40. The van der Waals surface area contributed by atoms with Gasteiger partial charge in [0.15, 0.2) is 28.4 Å². The fourth-order valence-electron chi connectivity index (χ4n) is 4.28. The van der Waals surface area contributed by atoms with Crippen LogP contribution >= 0.6 is 0 Å². The van der Waals surface area contributed by atoms with E-state index in [4.69, 9.17) is 13.9 Å². The molecule has 5 rings (SSSR count). The number of fused-ring (bicyclic) bond motifs is 2. The molecule has 1 unspecified atom stereocenters. The molecule has 0 aliphatic carbocycles. The van der Waals surface area contributed by atoms with Crippen molar-refractivity contribution in [3.8, 4) is 28.7 Å². The normalized spacial score (nSPS) is 13.0. The van der Waals surface area contributed by atoms with E-state index >= 15 is 0 Å². The number of benzene rings is 3. The summed E-state index contributed by atoms with van der Waals surface area (Å²) < 4.78 is 16.4. The van der Waals surface area contributed by atoms with Crippen LogP contribution in [0.3, 0.4) is 0 Å². The van der Waals surface area contributed by atoms with Crippen LogP contribution in [0.5, 0.6) is 28.7 Å². The molecule has 0 bridgehead atoms. The average Bonchev–Trinajstić information content (AvgIpc) is 3.32. The third-order valence-corrected chi connectivity index (χ3v) is 6.14. The summed E-state index contributed by atoms with van der Waals surface area (Å²) in [5, 5.41) is 33.0. The van der Waals surface area contributed by atoms with Gasteiger partial charge in [-0.15, -0.1) is 0 Å². The van der Waals surface area contributed by atoms with E-state index in [2.05, 4.69) is 5.32 Å². The predicted octanol–water partition coefficient (Wildman–Crippen LogP) is 3.52. The van der Waals surface area contributed by atoms with E-state index in [0.29, 0.717) is 34.5 Å². The summed E-state index contributed by atoms with van der Waals surface area (Å²) in [6.45, 7) is 0.267. The Kier molecular flexibility index (Phi) is 6.12. The number of aromatic hydroxyl groups is 3. The molecular formula is C27H23NO8. The number of carbonyl (C=O) groups is 1. The highest BCUT2D eigenvalue weighted by Crippen LogP contribution is 2.42. The maximum absolute atomic E-state index is 13.4. The average molecular weight is 489 g/mol. The van der Waals surface area contributed by atoms with Gasteiger partial charge in [-0.25, -0.2) is 0 Å². The molecule has 1 atom stereocenters. The molecule has 2 heterocycles. The molecule has 0 spiro atoms. The zero-order valence-corrected chi connectivity index (χ0v) is 19.1. The minimum atomic E-state index is -0.821. The van der Waals surface area contributed by atoms with Crippen molar-refractivity contribution in [2.24, 2.45) is 0 Å². The molecule has 4 aromatic rings. The van der Waals surface area contributed by atoms with Crippen molar-refractivity contribution >= 4 is 16.9 Å². The molecule has 1 aromatic heterocycles. The van der Waals surface area contributed by atoms with E-state index in [1.165, 1.54) is 24.5 Å². The van der Waals surface area contributed by atoms with Gasteiger partial charge in [-0.1, -0.05) is 18.2 Å². The van der Waals surface area contributed by atoms with Crippen molar-refractivity contribution in [2.45, 2.75) is 18.8 Å². The predicted molar refractivity (Wildman–Crippen MR) is 130 cm³/mol. The fourth-order valence-corrected chi connectivity index (χ4v) is 4.28. The van der Waals surface area contributed by atoms with Crippen molar-refractivity contribution in [2.75, 3.05) is 13.3 Å². The highest BCUT2D eigenvalue weighted by molar-refractivity contribution is 5.80. The van der Waals surface area contributed by atoms with Gasteiger partial charge in [-0.05, 0) is 42.3 Å². The van der Waals surface area contributed by atoms with Crippen LogP contribution < -0.4 is 20.2 Å². The minimum absolute atomic E-state index is 0.00824. The minimum Gasteiger partial charge on any atom is -0.508 e. The van der Waals surface area contributed by atoms with Crippen LogP contribution in [0, 0.1) is 0 Å². The van der Waals surface area contributed by atoms with Crippen LogP contribution in [-0.4, -0.2) is 34.6 Å². The third kappa shape index (κ3) is 4.50. The number of phenols is 3. The van der Waals surface area contributed by atoms with Crippen molar-refractivity contribution in [3.63, 3.8) is 0 Å². The number of phenolic OH excluding ortho intramolecular Hbond substituents is 3. The Morgan fingerprint density at radius 3 is 2.50 bits per heavy atom. The van der Waals surface area contributed by atoms with E-state index in [1.807, 2.05) is 0 Å². The maximum atomic E-state index is 13.4. The SMILES string of the molecule is O=C(CC(c1cc2c(cc1O)OCO2)c1coc2ccccc2c1=O)NCCc1ccc(O)c(O)c1. The fraction of sp³-hybridized carbons (Fsp3) is 0.185. The standard InChI is InChI=1S/C27H23NO8/c29-20-6-5-15(9-22(20)31)7-8-28-26(32)11-17(18-10-24-25(12-21(18)30)36-14-35-24)19-13-34-23-4-2-1-3-16(23)27(19)33/h1-6,9-10,12-13,17,29-31H,7-8,11,14H2,(H,28,32). The summed E-state index contributed by atoms with van der Waals surface area (Å²) in [6, 6.07) is 14.2. The Morgan fingerprint density at radius 1 is 0.917 bits per heavy atom. The largest absolute Gasteiger partial charge is 0.508 e. The van der Waals surface area contributed by atoms with E-state index in [9.17, 15) is 24.9 Å². The second-order valence-electron chi connectivity index (χ2n) is 8.46. The number of carbonyl (C=O) groups excluding carboxylic acids is 1. The quantitative estimate of drug-likeness (QED) is 0.289. The number of para-hydroxylation sites is 1. The van der Waals surface area contributed by atoms with Gasteiger partial charge in [-0.2, -0.15) is 0 Å². The van der Waals surface area contributed by atoms with Gasteiger partial charge in [0.1, 0.15) is 11.3 Å².